The van der Waals surface area contributed by atoms with Gasteiger partial charge >= 0.3 is 0 Å². The van der Waals surface area contributed by atoms with E-state index in [1.807, 2.05) is 13.8 Å². The molecule has 0 saturated carbocycles. The lowest BCUT2D eigenvalue weighted by molar-refractivity contribution is -0.121. The standard InChI is InChI=1S/C14H22N2O/c1-11-4-6-12(7-5-11)8-9-16-13(17)10-14(2,3)15/h4-7H,8-10,15H2,1-3H3,(H,16,17). The molecule has 0 spiro atoms. The second-order valence-electron chi connectivity index (χ2n) is 5.25. The van der Waals surface area contributed by atoms with E-state index in [1.165, 1.54) is 11.1 Å². The molecule has 0 atom stereocenters. The van der Waals surface area contributed by atoms with E-state index in [4.69, 9.17) is 5.73 Å². The lowest BCUT2D eigenvalue weighted by atomic mass is 10.0. The average molecular weight is 234 g/mol. The molecule has 0 fully saturated rings. The van der Waals surface area contributed by atoms with Gasteiger partial charge in [0.25, 0.3) is 0 Å². The molecule has 1 amide bonds. The van der Waals surface area contributed by atoms with Crippen LogP contribution in [0.25, 0.3) is 0 Å². The molecule has 0 heterocycles. The third-order valence-electron chi connectivity index (χ3n) is 2.47. The highest BCUT2D eigenvalue weighted by Gasteiger charge is 2.15. The van der Waals surface area contributed by atoms with Crippen molar-refractivity contribution >= 4 is 5.91 Å². The van der Waals surface area contributed by atoms with Gasteiger partial charge in [0.15, 0.2) is 0 Å². The van der Waals surface area contributed by atoms with Crippen LogP contribution in [0.15, 0.2) is 24.3 Å². The van der Waals surface area contributed by atoms with Crippen LogP contribution >= 0.6 is 0 Å². The zero-order valence-electron chi connectivity index (χ0n) is 10.9. The molecular formula is C14H22N2O. The van der Waals surface area contributed by atoms with Gasteiger partial charge < -0.3 is 11.1 Å². The molecule has 17 heavy (non-hydrogen) atoms. The van der Waals surface area contributed by atoms with Crippen LogP contribution in [-0.2, 0) is 11.2 Å². The van der Waals surface area contributed by atoms with Gasteiger partial charge in [-0.25, -0.2) is 0 Å². The quantitative estimate of drug-likeness (QED) is 0.816. The number of carbonyl (C=O) groups excluding carboxylic acids is 1. The van der Waals surface area contributed by atoms with Gasteiger partial charge in [0, 0.05) is 18.5 Å². The Hall–Kier alpha value is -1.35. The summed E-state index contributed by atoms with van der Waals surface area (Å²) in [5, 5.41) is 2.88. The summed E-state index contributed by atoms with van der Waals surface area (Å²) in [6.45, 7) is 6.44. The molecule has 3 nitrogen and oxygen atoms in total. The molecule has 0 aliphatic rings. The summed E-state index contributed by atoms with van der Waals surface area (Å²) in [7, 11) is 0. The van der Waals surface area contributed by atoms with Crippen LogP contribution in [0.3, 0.4) is 0 Å². The van der Waals surface area contributed by atoms with Crippen LogP contribution in [-0.4, -0.2) is 18.0 Å². The van der Waals surface area contributed by atoms with Crippen LogP contribution in [0, 0.1) is 6.92 Å². The average Bonchev–Trinajstić information content (AvgIpc) is 2.18. The van der Waals surface area contributed by atoms with E-state index in [9.17, 15) is 4.79 Å². The fourth-order valence-electron chi connectivity index (χ4n) is 1.58. The van der Waals surface area contributed by atoms with E-state index in [0.29, 0.717) is 13.0 Å². The number of nitrogens with one attached hydrogen (secondary N) is 1. The first-order valence-corrected chi connectivity index (χ1v) is 5.98. The maximum absolute atomic E-state index is 11.5. The maximum atomic E-state index is 11.5. The van der Waals surface area contributed by atoms with Crippen molar-refractivity contribution in [2.45, 2.75) is 39.2 Å². The summed E-state index contributed by atoms with van der Waals surface area (Å²) < 4.78 is 0. The Morgan fingerprint density at radius 1 is 1.29 bits per heavy atom. The Kier molecular flexibility index (Phi) is 4.70. The van der Waals surface area contributed by atoms with E-state index in [-0.39, 0.29) is 5.91 Å². The number of aryl methyl sites for hydroxylation is 1. The fourth-order valence-corrected chi connectivity index (χ4v) is 1.58. The predicted octanol–water partition coefficient (Wildman–Crippen LogP) is 1.78. The van der Waals surface area contributed by atoms with Crippen molar-refractivity contribution in [2.24, 2.45) is 5.73 Å². The van der Waals surface area contributed by atoms with E-state index in [0.717, 1.165) is 6.42 Å². The number of benzene rings is 1. The number of hydrogen-bond acceptors (Lipinski definition) is 2. The molecular weight excluding hydrogens is 212 g/mol. The zero-order chi connectivity index (χ0) is 12.9. The second-order valence-corrected chi connectivity index (χ2v) is 5.25. The molecule has 0 radical (unpaired) electrons. The van der Waals surface area contributed by atoms with Crippen molar-refractivity contribution in [3.8, 4) is 0 Å². The summed E-state index contributed by atoms with van der Waals surface area (Å²) in [5.74, 6) is 0.0182. The molecule has 1 aromatic carbocycles. The van der Waals surface area contributed by atoms with Gasteiger partial charge in [-0.3, -0.25) is 4.79 Å². The summed E-state index contributed by atoms with van der Waals surface area (Å²) in [6.07, 6.45) is 1.22. The normalized spacial score (nSPS) is 11.3. The monoisotopic (exact) mass is 234 g/mol. The molecule has 94 valence electrons. The Labute approximate surface area is 103 Å². The highest BCUT2D eigenvalue weighted by atomic mass is 16.1. The van der Waals surface area contributed by atoms with Crippen molar-refractivity contribution in [3.05, 3.63) is 35.4 Å². The maximum Gasteiger partial charge on any atom is 0.221 e. The SMILES string of the molecule is Cc1ccc(CCNC(=O)CC(C)(C)N)cc1. The van der Waals surface area contributed by atoms with E-state index in [2.05, 4.69) is 36.5 Å². The lowest BCUT2D eigenvalue weighted by Gasteiger charge is -2.17. The summed E-state index contributed by atoms with van der Waals surface area (Å²) >= 11 is 0. The van der Waals surface area contributed by atoms with Crippen molar-refractivity contribution in [1.29, 1.82) is 0 Å². The minimum Gasteiger partial charge on any atom is -0.356 e. The molecule has 0 aliphatic carbocycles. The van der Waals surface area contributed by atoms with Crippen LogP contribution < -0.4 is 11.1 Å². The Morgan fingerprint density at radius 3 is 2.41 bits per heavy atom. The van der Waals surface area contributed by atoms with Gasteiger partial charge in [-0.2, -0.15) is 0 Å². The smallest absolute Gasteiger partial charge is 0.221 e. The highest BCUT2D eigenvalue weighted by Crippen LogP contribution is 2.04. The minimum absolute atomic E-state index is 0.0182. The van der Waals surface area contributed by atoms with Crippen molar-refractivity contribution in [1.82, 2.24) is 5.32 Å². The van der Waals surface area contributed by atoms with E-state index in [1.54, 1.807) is 0 Å². The summed E-state index contributed by atoms with van der Waals surface area (Å²) in [6, 6.07) is 8.35. The van der Waals surface area contributed by atoms with Crippen LogP contribution in [0.5, 0.6) is 0 Å². The highest BCUT2D eigenvalue weighted by molar-refractivity contribution is 5.77. The first kappa shape index (κ1) is 13.7. The van der Waals surface area contributed by atoms with Crippen molar-refractivity contribution in [2.75, 3.05) is 6.54 Å². The fraction of sp³-hybridized carbons (Fsp3) is 0.500. The van der Waals surface area contributed by atoms with Gasteiger partial charge in [0.05, 0.1) is 0 Å². The molecule has 3 heteroatoms. The lowest BCUT2D eigenvalue weighted by Crippen LogP contribution is -2.39. The Morgan fingerprint density at radius 2 is 1.88 bits per heavy atom. The van der Waals surface area contributed by atoms with Crippen LogP contribution in [0.1, 0.15) is 31.4 Å². The largest absolute Gasteiger partial charge is 0.356 e. The number of amides is 1. The van der Waals surface area contributed by atoms with Gasteiger partial charge in [-0.15, -0.1) is 0 Å². The third kappa shape index (κ3) is 6.07. The first-order chi connectivity index (χ1) is 7.87. The molecule has 1 rings (SSSR count). The number of rotatable bonds is 5. The second kappa shape index (κ2) is 5.82. The summed E-state index contributed by atoms with van der Waals surface area (Å²) in [5.41, 5.74) is 7.83. The molecule has 0 bridgehead atoms. The van der Waals surface area contributed by atoms with Gasteiger partial charge in [-0.1, -0.05) is 29.8 Å². The van der Waals surface area contributed by atoms with Crippen molar-refractivity contribution < 1.29 is 4.79 Å². The molecule has 0 saturated heterocycles. The molecule has 3 N–H and O–H groups in total. The number of carbonyl (C=O) groups is 1. The van der Waals surface area contributed by atoms with E-state index < -0.39 is 5.54 Å². The van der Waals surface area contributed by atoms with Crippen LogP contribution in [0.4, 0.5) is 0 Å². The molecule has 0 unspecified atom stereocenters. The zero-order valence-corrected chi connectivity index (χ0v) is 10.9. The molecule has 0 aliphatic heterocycles. The third-order valence-corrected chi connectivity index (χ3v) is 2.47. The predicted molar refractivity (Wildman–Crippen MR) is 70.8 cm³/mol. The molecule has 0 aromatic heterocycles. The van der Waals surface area contributed by atoms with E-state index >= 15 is 0 Å². The number of hydrogen-bond donors (Lipinski definition) is 2. The van der Waals surface area contributed by atoms with Gasteiger partial charge in [-0.05, 0) is 32.8 Å². The number of nitrogens with two attached hydrogens (primary N) is 1. The summed E-state index contributed by atoms with van der Waals surface area (Å²) in [4.78, 5) is 11.5. The first-order valence-electron chi connectivity index (χ1n) is 5.98. The van der Waals surface area contributed by atoms with Gasteiger partial charge in [0.2, 0.25) is 5.91 Å². The topological polar surface area (TPSA) is 55.1 Å². The minimum atomic E-state index is -0.437. The Bertz CT molecular complexity index is 363. The van der Waals surface area contributed by atoms with Crippen molar-refractivity contribution in [3.63, 3.8) is 0 Å². The van der Waals surface area contributed by atoms with Crippen LogP contribution in [0.2, 0.25) is 0 Å². The van der Waals surface area contributed by atoms with Gasteiger partial charge in [0.1, 0.15) is 0 Å². The Balaban J connectivity index is 2.28. The molecule has 1 aromatic rings.